The highest BCUT2D eigenvalue weighted by Gasteiger charge is 2.10. The van der Waals surface area contributed by atoms with Gasteiger partial charge in [0.25, 0.3) is 0 Å². The van der Waals surface area contributed by atoms with E-state index < -0.39 is 11.9 Å². The average Bonchev–Trinajstić information content (AvgIpc) is 2.13. The Hall–Kier alpha value is -1.32. The molecule has 0 radical (unpaired) electrons. The summed E-state index contributed by atoms with van der Waals surface area (Å²) in [6.45, 7) is 4.20. The Kier molecular flexibility index (Phi) is 6.45. The minimum atomic E-state index is -0.609. The number of esters is 1. The molecule has 0 heterocycles. The Bertz CT molecular complexity index is 234. The Morgan fingerprint density at radius 3 is 2.36 bits per heavy atom. The summed E-state index contributed by atoms with van der Waals surface area (Å²) in [4.78, 5) is 21.9. The van der Waals surface area contributed by atoms with Crippen molar-refractivity contribution in [1.82, 2.24) is 0 Å². The van der Waals surface area contributed by atoms with E-state index in [0.717, 1.165) is 18.9 Å². The lowest BCUT2D eigenvalue weighted by Gasteiger charge is -2.05. The molecule has 0 aromatic rings. The van der Waals surface area contributed by atoms with Gasteiger partial charge in [0.1, 0.15) is 0 Å². The van der Waals surface area contributed by atoms with Crippen molar-refractivity contribution in [3.05, 3.63) is 11.6 Å². The summed E-state index contributed by atoms with van der Waals surface area (Å²) in [6, 6.07) is 0. The summed E-state index contributed by atoms with van der Waals surface area (Å²) >= 11 is 0. The molecule has 0 aromatic carbocycles. The minimum absolute atomic E-state index is 0.355. The van der Waals surface area contributed by atoms with E-state index in [1.54, 1.807) is 0 Å². The van der Waals surface area contributed by atoms with Gasteiger partial charge in [-0.05, 0) is 12.8 Å². The first-order valence-electron chi connectivity index (χ1n) is 4.78. The van der Waals surface area contributed by atoms with E-state index in [9.17, 15) is 9.59 Å². The van der Waals surface area contributed by atoms with Gasteiger partial charge in [-0.25, -0.2) is 4.79 Å². The van der Waals surface area contributed by atoms with E-state index in [4.69, 9.17) is 10.5 Å². The number of nitrogens with two attached hydrogens (primary N) is 1. The van der Waals surface area contributed by atoms with Gasteiger partial charge < -0.3 is 10.5 Å². The highest BCUT2D eigenvalue weighted by Crippen LogP contribution is 2.07. The fourth-order valence-electron chi connectivity index (χ4n) is 0.962. The van der Waals surface area contributed by atoms with Crippen LogP contribution in [-0.4, -0.2) is 18.5 Å². The van der Waals surface area contributed by atoms with Crippen molar-refractivity contribution in [2.45, 2.75) is 33.1 Å². The molecular weight excluding hydrogens is 182 g/mol. The third-order valence-corrected chi connectivity index (χ3v) is 1.54. The van der Waals surface area contributed by atoms with Crippen molar-refractivity contribution < 1.29 is 14.3 Å². The predicted octanol–water partition coefficient (Wildman–Crippen LogP) is 1.15. The lowest BCUT2D eigenvalue weighted by molar-refractivity contribution is -0.139. The van der Waals surface area contributed by atoms with Crippen LogP contribution >= 0.6 is 0 Å². The van der Waals surface area contributed by atoms with Gasteiger partial charge in [-0.3, -0.25) is 4.79 Å². The minimum Gasteiger partial charge on any atom is -0.462 e. The molecular formula is C10H17NO3. The molecule has 0 aliphatic rings. The van der Waals surface area contributed by atoms with Crippen LogP contribution in [0.1, 0.15) is 33.1 Å². The van der Waals surface area contributed by atoms with Crippen molar-refractivity contribution in [3.63, 3.8) is 0 Å². The van der Waals surface area contributed by atoms with Crippen LogP contribution in [0.2, 0.25) is 0 Å². The molecule has 0 rings (SSSR count). The molecule has 0 atom stereocenters. The van der Waals surface area contributed by atoms with Crippen LogP contribution in [0.3, 0.4) is 0 Å². The van der Waals surface area contributed by atoms with Crippen LogP contribution in [-0.2, 0) is 14.3 Å². The maximum Gasteiger partial charge on any atom is 0.334 e. The molecule has 0 spiro atoms. The van der Waals surface area contributed by atoms with Gasteiger partial charge in [0, 0.05) is 11.6 Å². The summed E-state index contributed by atoms with van der Waals surface area (Å²) in [5.41, 5.74) is 5.32. The van der Waals surface area contributed by atoms with Gasteiger partial charge in [0.2, 0.25) is 5.91 Å². The molecule has 0 aliphatic heterocycles. The first kappa shape index (κ1) is 12.7. The van der Waals surface area contributed by atoms with Crippen molar-refractivity contribution in [2.24, 2.45) is 5.73 Å². The van der Waals surface area contributed by atoms with Gasteiger partial charge >= 0.3 is 5.97 Å². The van der Waals surface area contributed by atoms with Crippen LogP contribution < -0.4 is 5.73 Å². The third kappa shape index (κ3) is 5.35. The topological polar surface area (TPSA) is 69.4 Å². The molecule has 80 valence electrons. The fraction of sp³-hybridized carbons (Fsp3) is 0.600. The molecule has 2 N–H and O–H groups in total. The van der Waals surface area contributed by atoms with Crippen molar-refractivity contribution in [1.29, 1.82) is 0 Å². The van der Waals surface area contributed by atoms with Gasteiger partial charge in [0.05, 0.1) is 6.61 Å². The normalized spacial score (nSPS) is 11.1. The number of ether oxygens (including phenoxy) is 1. The summed E-state index contributed by atoms with van der Waals surface area (Å²) in [6.07, 6.45) is 3.20. The molecule has 1 amide bonds. The first-order chi connectivity index (χ1) is 6.61. The molecule has 0 saturated heterocycles. The monoisotopic (exact) mass is 199 g/mol. The van der Waals surface area contributed by atoms with E-state index in [-0.39, 0.29) is 0 Å². The van der Waals surface area contributed by atoms with Gasteiger partial charge in [-0.15, -0.1) is 0 Å². The third-order valence-electron chi connectivity index (χ3n) is 1.54. The van der Waals surface area contributed by atoms with Crippen molar-refractivity contribution in [2.75, 3.05) is 6.61 Å². The number of primary amides is 1. The van der Waals surface area contributed by atoms with Gasteiger partial charge in [0.15, 0.2) is 0 Å². The smallest absolute Gasteiger partial charge is 0.334 e. The quantitative estimate of drug-likeness (QED) is 0.515. The lowest BCUT2D eigenvalue weighted by Crippen LogP contribution is -2.14. The van der Waals surface area contributed by atoms with E-state index in [1.165, 1.54) is 0 Å². The second-order valence-corrected chi connectivity index (χ2v) is 2.96. The van der Waals surface area contributed by atoms with E-state index in [0.29, 0.717) is 18.6 Å². The van der Waals surface area contributed by atoms with Crippen LogP contribution in [0.25, 0.3) is 0 Å². The van der Waals surface area contributed by atoms with Crippen LogP contribution in [0.15, 0.2) is 11.6 Å². The zero-order chi connectivity index (χ0) is 11.0. The highest BCUT2D eigenvalue weighted by molar-refractivity contribution is 5.97. The Morgan fingerprint density at radius 2 is 1.93 bits per heavy atom. The Morgan fingerprint density at radius 1 is 1.29 bits per heavy atom. The number of hydrogen-bond donors (Lipinski definition) is 1. The zero-order valence-electron chi connectivity index (χ0n) is 8.71. The number of rotatable bonds is 6. The van der Waals surface area contributed by atoms with Crippen LogP contribution in [0, 0.1) is 0 Å². The second-order valence-electron chi connectivity index (χ2n) is 2.96. The first-order valence-corrected chi connectivity index (χ1v) is 4.78. The van der Waals surface area contributed by atoms with Crippen LogP contribution in [0.4, 0.5) is 0 Å². The summed E-state index contributed by atoms with van der Waals surface area (Å²) < 4.78 is 4.89. The number of hydrogen-bond acceptors (Lipinski definition) is 3. The van der Waals surface area contributed by atoms with Gasteiger partial charge in [-0.1, -0.05) is 20.3 Å². The molecule has 0 fully saturated rings. The SMILES string of the molecule is CCCOC(=O)/C(=C\C(N)=O)CCC. The van der Waals surface area contributed by atoms with Crippen molar-refractivity contribution in [3.8, 4) is 0 Å². The molecule has 14 heavy (non-hydrogen) atoms. The number of amides is 1. The number of carbonyl (C=O) groups excluding carboxylic acids is 2. The van der Waals surface area contributed by atoms with Gasteiger partial charge in [-0.2, -0.15) is 0 Å². The maximum atomic E-state index is 11.3. The number of carbonyl (C=O) groups is 2. The summed E-state index contributed by atoms with van der Waals surface area (Å²) in [5.74, 6) is -1.05. The maximum absolute atomic E-state index is 11.3. The largest absolute Gasteiger partial charge is 0.462 e. The molecule has 0 aromatic heterocycles. The van der Waals surface area contributed by atoms with E-state index in [2.05, 4.69) is 0 Å². The highest BCUT2D eigenvalue weighted by atomic mass is 16.5. The average molecular weight is 199 g/mol. The van der Waals surface area contributed by atoms with E-state index >= 15 is 0 Å². The molecule has 4 heteroatoms. The molecule has 0 bridgehead atoms. The van der Waals surface area contributed by atoms with Crippen LogP contribution in [0.5, 0.6) is 0 Å². The van der Waals surface area contributed by atoms with Crippen molar-refractivity contribution >= 4 is 11.9 Å². The fourth-order valence-corrected chi connectivity index (χ4v) is 0.962. The lowest BCUT2D eigenvalue weighted by atomic mass is 10.1. The van der Waals surface area contributed by atoms with E-state index in [1.807, 2.05) is 13.8 Å². The molecule has 0 unspecified atom stereocenters. The molecule has 0 aliphatic carbocycles. The summed E-state index contributed by atoms with van der Waals surface area (Å²) in [7, 11) is 0. The Balaban J connectivity index is 4.33. The summed E-state index contributed by atoms with van der Waals surface area (Å²) in [5, 5.41) is 0. The standard InChI is InChI=1S/C10H17NO3/c1-3-5-8(7-9(11)12)10(13)14-6-4-2/h7H,3-6H2,1-2H3,(H2,11,12)/b8-7-. The molecule has 4 nitrogen and oxygen atoms in total. The second kappa shape index (κ2) is 7.12. The molecule has 0 saturated carbocycles. The predicted molar refractivity (Wildman–Crippen MR) is 53.4 cm³/mol. The Labute approximate surface area is 84.1 Å². The zero-order valence-corrected chi connectivity index (χ0v) is 8.71.